The first kappa shape index (κ1) is 18.8. The second-order valence-corrected chi connectivity index (χ2v) is 7.26. The van der Waals surface area contributed by atoms with Crippen LogP contribution in [0, 0.1) is 17.0 Å². The third-order valence-corrected chi connectivity index (χ3v) is 5.52. The Kier molecular flexibility index (Phi) is 5.55. The van der Waals surface area contributed by atoms with Gasteiger partial charge in [-0.25, -0.2) is 8.78 Å². The molecule has 1 aromatic carbocycles. The summed E-state index contributed by atoms with van der Waals surface area (Å²) in [4.78, 5) is 28.2. The number of halogens is 2. The highest BCUT2D eigenvalue weighted by Gasteiger charge is 2.45. The van der Waals surface area contributed by atoms with Crippen LogP contribution in [-0.2, 0) is 20.7 Å². The molecule has 0 radical (unpaired) electrons. The third kappa shape index (κ3) is 3.87. The largest absolute Gasteiger partial charge is 0.383 e. The van der Waals surface area contributed by atoms with E-state index in [1.54, 1.807) is 12.0 Å². The molecule has 2 saturated heterocycles. The number of methoxy groups -OCH3 is 1. The van der Waals surface area contributed by atoms with E-state index in [0.717, 1.165) is 18.9 Å². The molecule has 2 aliphatic heterocycles. The lowest BCUT2D eigenvalue weighted by molar-refractivity contribution is -0.132. The van der Waals surface area contributed by atoms with Crippen molar-refractivity contribution in [1.29, 1.82) is 0 Å². The highest BCUT2D eigenvalue weighted by atomic mass is 19.2. The molecule has 7 heteroatoms. The summed E-state index contributed by atoms with van der Waals surface area (Å²) in [7, 11) is 1.61. The molecule has 0 aliphatic carbocycles. The minimum atomic E-state index is -0.954. The summed E-state index contributed by atoms with van der Waals surface area (Å²) in [5.74, 6) is -1.95. The van der Waals surface area contributed by atoms with Crippen LogP contribution in [0.3, 0.4) is 0 Å². The molecule has 2 aliphatic rings. The molecule has 1 aromatic rings. The van der Waals surface area contributed by atoms with E-state index in [1.165, 1.54) is 12.1 Å². The van der Waals surface area contributed by atoms with E-state index < -0.39 is 11.6 Å². The maximum atomic E-state index is 13.8. The van der Waals surface area contributed by atoms with E-state index in [0.29, 0.717) is 39.2 Å². The fraction of sp³-hybridized carbons (Fsp3) is 0.579. The van der Waals surface area contributed by atoms with Gasteiger partial charge in [-0.1, -0.05) is 12.1 Å². The van der Waals surface area contributed by atoms with Crippen molar-refractivity contribution in [3.63, 3.8) is 0 Å². The molecule has 2 amide bonds. The van der Waals surface area contributed by atoms with Crippen LogP contribution >= 0.6 is 0 Å². The Morgan fingerprint density at radius 1 is 1.27 bits per heavy atom. The van der Waals surface area contributed by atoms with Crippen molar-refractivity contribution in [3.8, 4) is 0 Å². The number of ether oxygens (including phenoxy) is 1. The van der Waals surface area contributed by atoms with Gasteiger partial charge in [0, 0.05) is 50.7 Å². The smallest absolute Gasteiger partial charge is 0.227 e. The molecule has 2 heterocycles. The normalized spacial score (nSPS) is 19.4. The van der Waals surface area contributed by atoms with E-state index in [9.17, 15) is 18.4 Å². The second kappa shape index (κ2) is 7.70. The lowest BCUT2D eigenvalue weighted by atomic mass is 9.77. The Morgan fingerprint density at radius 3 is 2.69 bits per heavy atom. The molecule has 0 atom stereocenters. The molecule has 0 N–H and O–H groups in total. The lowest BCUT2D eigenvalue weighted by Crippen LogP contribution is -2.45. The average molecular weight is 366 g/mol. The zero-order valence-electron chi connectivity index (χ0n) is 15.0. The highest BCUT2D eigenvalue weighted by Crippen LogP contribution is 2.41. The topological polar surface area (TPSA) is 49.9 Å². The summed E-state index contributed by atoms with van der Waals surface area (Å²) in [5, 5.41) is 0. The number of piperidine rings is 1. The maximum Gasteiger partial charge on any atom is 0.227 e. The predicted molar refractivity (Wildman–Crippen MR) is 91.4 cm³/mol. The van der Waals surface area contributed by atoms with Gasteiger partial charge in [-0.2, -0.15) is 0 Å². The zero-order chi connectivity index (χ0) is 18.7. The summed E-state index contributed by atoms with van der Waals surface area (Å²) in [6.07, 6.45) is 1.87. The Bertz CT molecular complexity index is 687. The number of carbonyl (C=O) groups is 2. The van der Waals surface area contributed by atoms with Crippen molar-refractivity contribution in [3.05, 3.63) is 35.4 Å². The molecular formula is C19H24F2N2O3. The summed E-state index contributed by atoms with van der Waals surface area (Å²) < 4.78 is 32.1. The monoisotopic (exact) mass is 366 g/mol. The summed E-state index contributed by atoms with van der Waals surface area (Å²) in [5.41, 5.74) is 0.00295. The van der Waals surface area contributed by atoms with Gasteiger partial charge in [0.1, 0.15) is 0 Å². The van der Waals surface area contributed by atoms with Crippen molar-refractivity contribution < 1.29 is 23.1 Å². The molecule has 0 aromatic heterocycles. The van der Waals surface area contributed by atoms with Gasteiger partial charge in [-0.3, -0.25) is 9.59 Å². The van der Waals surface area contributed by atoms with Crippen LogP contribution in [0.1, 0.15) is 24.8 Å². The van der Waals surface area contributed by atoms with Gasteiger partial charge in [-0.15, -0.1) is 0 Å². The number of nitrogens with zero attached hydrogens (tertiary/aromatic N) is 2. The lowest BCUT2D eigenvalue weighted by Gasteiger charge is -2.39. The number of amides is 2. The first-order chi connectivity index (χ1) is 12.4. The van der Waals surface area contributed by atoms with Crippen LogP contribution in [-0.4, -0.2) is 61.5 Å². The number of carbonyl (C=O) groups excluding carboxylic acids is 2. The minimum Gasteiger partial charge on any atom is -0.383 e. The third-order valence-electron chi connectivity index (χ3n) is 5.52. The van der Waals surface area contributed by atoms with Gasteiger partial charge in [0.2, 0.25) is 11.8 Å². The Labute approximate surface area is 151 Å². The Hall–Kier alpha value is -2.02. The number of hydrogen-bond donors (Lipinski definition) is 0. The molecule has 142 valence electrons. The highest BCUT2D eigenvalue weighted by molar-refractivity contribution is 5.80. The molecule has 5 nitrogen and oxygen atoms in total. The maximum absolute atomic E-state index is 13.8. The van der Waals surface area contributed by atoms with Crippen LogP contribution in [0.2, 0.25) is 0 Å². The number of rotatable bonds is 5. The fourth-order valence-electron chi connectivity index (χ4n) is 3.91. The van der Waals surface area contributed by atoms with Crippen molar-refractivity contribution in [1.82, 2.24) is 9.80 Å². The van der Waals surface area contributed by atoms with Crippen molar-refractivity contribution in [2.24, 2.45) is 5.41 Å². The van der Waals surface area contributed by atoms with Gasteiger partial charge in [-0.05, 0) is 18.9 Å². The van der Waals surface area contributed by atoms with E-state index >= 15 is 0 Å². The van der Waals surface area contributed by atoms with Crippen molar-refractivity contribution in [2.75, 3.05) is 39.9 Å². The molecule has 1 spiro atoms. The van der Waals surface area contributed by atoms with Crippen LogP contribution < -0.4 is 0 Å². The zero-order valence-corrected chi connectivity index (χ0v) is 15.0. The van der Waals surface area contributed by atoms with Crippen LogP contribution in [0.15, 0.2) is 18.2 Å². The van der Waals surface area contributed by atoms with Gasteiger partial charge >= 0.3 is 0 Å². The van der Waals surface area contributed by atoms with Crippen LogP contribution in [0.5, 0.6) is 0 Å². The molecule has 0 unspecified atom stereocenters. The van der Waals surface area contributed by atoms with E-state index in [1.807, 2.05) is 4.90 Å². The Morgan fingerprint density at radius 2 is 2.00 bits per heavy atom. The van der Waals surface area contributed by atoms with Gasteiger partial charge < -0.3 is 14.5 Å². The first-order valence-corrected chi connectivity index (χ1v) is 8.91. The first-order valence-electron chi connectivity index (χ1n) is 8.91. The summed E-state index contributed by atoms with van der Waals surface area (Å²) in [6, 6.07) is 3.89. The predicted octanol–water partition coefficient (Wildman–Crippen LogP) is 1.99. The Balaban J connectivity index is 1.56. The molecule has 3 rings (SSSR count). The molecular weight excluding hydrogens is 342 g/mol. The number of benzene rings is 1. The van der Waals surface area contributed by atoms with E-state index in [4.69, 9.17) is 4.74 Å². The number of likely N-dealkylation sites (tertiary alicyclic amines) is 2. The van der Waals surface area contributed by atoms with Gasteiger partial charge in [0.25, 0.3) is 0 Å². The quantitative estimate of drug-likeness (QED) is 0.801. The number of hydrogen-bond acceptors (Lipinski definition) is 3. The fourth-order valence-corrected chi connectivity index (χ4v) is 3.91. The van der Waals surface area contributed by atoms with Crippen molar-refractivity contribution in [2.45, 2.75) is 25.7 Å². The van der Waals surface area contributed by atoms with Crippen LogP contribution in [0.25, 0.3) is 0 Å². The molecule has 0 bridgehead atoms. The second-order valence-electron chi connectivity index (χ2n) is 7.26. The average Bonchev–Trinajstić information content (AvgIpc) is 2.92. The van der Waals surface area contributed by atoms with Gasteiger partial charge in [0.05, 0.1) is 13.0 Å². The van der Waals surface area contributed by atoms with Crippen LogP contribution in [0.4, 0.5) is 8.78 Å². The SMILES string of the molecule is COCCN1CC2(CCN(C(=O)Cc3cccc(F)c3F)CC2)CC1=O. The summed E-state index contributed by atoms with van der Waals surface area (Å²) >= 11 is 0. The molecule has 26 heavy (non-hydrogen) atoms. The molecule has 2 fully saturated rings. The molecule has 0 saturated carbocycles. The van der Waals surface area contributed by atoms with Gasteiger partial charge in [0.15, 0.2) is 11.6 Å². The van der Waals surface area contributed by atoms with E-state index in [-0.39, 0.29) is 29.2 Å². The van der Waals surface area contributed by atoms with E-state index in [2.05, 4.69) is 0 Å². The summed E-state index contributed by atoms with van der Waals surface area (Å²) in [6.45, 7) is 2.91. The van der Waals surface area contributed by atoms with Crippen molar-refractivity contribution >= 4 is 11.8 Å². The minimum absolute atomic E-state index is 0.0777. The standard InChI is InChI=1S/C19H24F2N2O3/c1-26-10-9-23-13-19(12-17(23)25)5-7-22(8-6-19)16(24)11-14-3-2-4-15(20)18(14)21/h2-4H,5-13H2,1H3.